The van der Waals surface area contributed by atoms with E-state index in [-0.39, 0.29) is 43.9 Å². The lowest BCUT2D eigenvalue weighted by atomic mass is 9.74. The molecule has 2 saturated heterocycles. The number of ether oxygens (including phenoxy) is 1. The molecule has 7 heteroatoms. The first-order valence-corrected chi connectivity index (χ1v) is 11.9. The Balaban J connectivity index is 1.28. The molecule has 2 aromatic carbocycles. The van der Waals surface area contributed by atoms with Crippen LogP contribution in [0.1, 0.15) is 62.0 Å². The van der Waals surface area contributed by atoms with Crippen molar-refractivity contribution < 1.29 is 27.8 Å². The Morgan fingerprint density at radius 1 is 0.971 bits per heavy atom. The number of carbonyl (C=O) groups excluding carboxylic acids is 1. The summed E-state index contributed by atoms with van der Waals surface area (Å²) in [6.45, 7) is 0.221. The van der Waals surface area contributed by atoms with Crippen molar-refractivity contribution in [1.29, 1.82) is 0 Å². The molecule has 0 radical (unpaired) electrons. The molecule has 0 spiro atoms. The van der Waals surface area contributed by atoms with Crippen LogP contribution in [-0.2, 0) is 4.74 Å². The molecule has 2 bridgehead atoms. The summed E-state index contributed by atoms with van der Waals surface area (Å²) >= 11 is 0. The van der Waals surface area contributed by atoms with E-state index in [0.29, 0.717) is 12.8 Å². The summed E-state index contributed by atoms with van der Waals surface area (Å²) in [5.41, 5.74) is 3.33. The van der Waals surface area contributed by atoms with Crippen molar-refractivity contribution in [2.24, 2.45) is 0 Å². The van der Waals surface area contributed by atoms with Crippen LogP contribution in [0.5, 0.6) is 0 Å². The number of carbonyl (C=O) groups is 1. The third-order valence-corrected chi connectivity index (χ3v) is 7.65. The Bertz CT molecular complexity index is 1050. The number of hydrogen-bond donors (Lipinski definition) is 1. The number of nitrogens with zero attached hydrogens (tertiary/aromatic N) is 1. The van der Waals surface area contributed by atoms with Crippen LogP contribution in [0.4, 0.5) is 18.0 Å². The van der Waals surface area contributed by atoms with Crippen molar-refractivity contribution in [2.45, 2.75) is 68.5 Å². The van der Waals surface area contributed by atoms with Crippen LogP contribution < -0.4 is 0 Å². The largest absolute Gasteiger partial charge is 0.448 e. The van der Waals surface area contributed by atoms with E-state index in [1.807, 2.05) is 24.3 Å². The lowest BCUT2D eigenvalue weighted by Gasteiger charge is -2.51. The van der Waals surface area contributed by atoms with Gasteiger partial charge in [0.1, 0.15) is 6.61 Å². The molecule has 34 heavy (non-hydrogen) atoms. The van der Waals surface area contributed by atoms with Gasteiger partial charge in [0.15, 0.2) is 5.83 Å². The molecule has 2 aromatic rings. The van der Waals surface area contributed by atoms with Gasteiger partial charge >= 0.3 is 12.2 Å². The van der Waals surface area contributed by atoms with E-state index in [2.05, 4.69) is 24.3 Å². The molecule has 2 atom stereocenters. The van der Waals surface area contributed by atoms with Crippen molar-refractivity contribution in [1.82, 2.24) is 4.90 Å². The minimum atomic E-state index is -2.33. The molecule has 2 heterocycles. The molecule has 1 aliphatic carbocycles. The summed E-state index contributed by atoms with van der Waals surface area (Å²) < 4.78 is 44.1. The van der Waals surface area contributed by atoms with E-state index < -0.39 is 30.0 Å². The number of aliphatic hydroxyl groups is 1. The monoisotopic (exact) mass is 471 g/mol. The predicted molar refractivity (Wildman–Crippen MR) is 122 cm³/mol. The lowest BCUT2D eigenvalue weighted by Crippen LogP contribution is -2.60. The molecule has 4 nitrogen and oxygen atoms in total. The Labute approximate surface area is 197 Å². The Kier molecular flexibility index (Phi) is 6.15. The summed E-state index contributed by atoms with van der Waals surface area (Å²) in [5.74, 6) is -1.51. The molecule has 2 unspecified atom stereocenters. The standard InChI is InChI=1S/C27H28F3NO3/c28-24(25(29)30)12-13-27(33)14-17-6-5-7-18(15-27)31(17)26(32)34-16-23-21-10-3-1-8-19(21)20-9-2-4-11-22(20)23/h1-4,8-11,17-18,23,33H,5-7,12-16H2. The second kappa shape index (κ2) is 9.10. The fourth-order valence-corrected chi connectivity index (χ4v) is 6.13. The summed E-state index contributed by atoms with van der Waals surface area (Å²) in [4.78, 5) is 14.9. The highest BCUT2D eigenvalue weighted by molar-refractivity contribution is 5.79. The van der Waals surface area contributed by atoms with Gasteiger partial charge < -0.3 is 14.7 Å². The smallest absolute Gasteiger partial charge is 0.410 e. The van der Waals surface area contributed by atoms with E-state index >= 15 is 0 Å². The minimum absolute atomic E-state index is 0.0386. The van der Waals surface area contributed by atoms with E-state index in [9.17, 15) is 23.1 Å². The number of fused-ring (bicyclic) bond motifs is 5. The van der Waals surface area contributed by atoms with Crippen molar-refractivity contribution >= 4 is 6.09 Å². The highest BCUT2D eigenvalue weighted by atomic mass is 19.3. The van der Waals surface area contributed by atoms with Gasteiger partial charge in [-0.3, -0.25) is 0 Å². The summed E-state index contributed by atoms with van der Waals surface area (Å²) in [5, 5.41) is 11.0. The topological polar surface area (TPSA) is 49.8 Å². The predicted octanol–water partition coefficient (Wildman–Crippen LogP) is 6.54. The Morgan fingerprint density at radius 3 is 2.09 bits per heavy atom. The van der Waals surface area contributed by atoms with Crippen molar-refractivity contribution in [3.8, 4) is 11.1 Å². The van der Waals surface area contributed by atoms with Crippen molar-refractivity contribution in [3.63, 3.8) is 0 Å². The molecule has 2 fully saturated rings. The molecule has 0 aromatic heterocycles. The number of rotatable bonds is 5. The average Bonchev–Trinajstić information content (AvgIpc) is 3.14. The molecule has 180 valence electrons. The van der Waals surface area contributed by atoms with E-state index in [0.717, 1.165) is 28.7 Å². The van der Waals surface area contributed by atoms with Crippen LogP contribution in [0, 0.1) is 0 Å². The fraction of sp³-hybridized carbons (Fsp3) is 0.444. The first-order chi connectivity index (χ1) is 16.4. The van der Waals surface area contributed by atoms with Gasteiger partial charge in [0.05, 0.1) is 5.60 Å². The van der Waals surface area contributed by atoms with Crippen LogP contribution in [0.15, 0.2) is 60.4 Å². The minimum Gasteiger partial charge on any atom is -0.448 e. The van der Waals surface area contributed by atoms with E-state index in [4.69, 9.17) is 4.74 Å². The maximum atomic E-state index is 13.3. The molecule has 1 amide bonds. The van der Waals surface area contributed by atoms with Gasteiger partial charge in [-0.2, -0.15) is 8.78 Å². The Morgan fingerprint density at radius 2 is 1.53 bits per heavy atom. The first-order valence-electron chi connectivity index (χ1n) is 11.9. The van der Waals surface area contributed by atoms with Gasteiger partial charge in [0, 0.05) is 24.4 Å². The Hall–Kier alpha value is -2.80. The number of halogens is 3. The third-order valence-electron chi connectivity index (χ3n) is 7.65. The van der Waals surface area contributed by atoms with Gasteiger partial charge in [-0.15, -0.1) is 0 Å². The van der Waals surface area contributed by atoms with Crippen molar-refractivity contribution in [2.75, 3.05) is 6.61 Å². The van der Waals surface area contributed by atoms with Crippen LogP contribution in [0.25, 0.3) is 11.1 Å². The zero-order chi connectivity index (χ0) is 23.9. The number of benzene rings is 2. The quantitative estimate of drug-likeness (QED) is 0.539. The first kappa shape index (κ1) is 23.0. The number of hydrogen-bond acceptors (Lipinski definition) is 3. The highest BCUT2D eigenvalue weighted by Crippen LogP contribution is 2.45. The van der Waals surface area contributed by atoms with Gasteiger partial charge in [-0.1, -0.05) is 48.5 Å². The zero-order valence-corrected chi connectivity index (χ0v) is 18.9. The molecule has 0 saturated carbocycles. The molecular weight excluding hydrogens is 443 g/mol. The van der Waals surface area contributed by atoms with Gasteiger partial charge in [0.2, 0.25) is 0 Å². The summed E-state index contributed by atoms with van der Waals surface area (Å²) in [6, 6.07) is 15.8. The average molecular weight is 472 g/mol. The molecule has 3 aliphatic rings. The van der Waals surface area contributed by atoms with E-state index in [1.54, 1.807) is 4.90 Å². The van der Waals surface area contributed by atoms with Gasteiger partial charge in [-0.25, -0.2) is 9.18 Å². The van der Waals surface area contributed by atoms with E-state index in [1.165, 1.54) is 0 Å². The number of amides is 1. The third kappa shape index (κ3) is 4.22. The second-order valence-electron chi connectivity index (χ2n) is 9.75. The molecule has 5 rings (SSSR count). The zero-order valence-electron chi connectivity index (χ0n) is 18.9. The van der Waals surface area contributed by atoms with Crippen LogP contribution in [0.2, 0.25) is 0 Å². The summed E-state index contributed by atoms with van der Waals surface area (Å²) in [7, 11) is 0. The SMILES string of the molecule is O=C(OCC1c2ccccc2-c2ccccc21)N1C2CCCC1CC(O)(CCC(F)=C(F)F)C2. The summed E-state index contributed by atoms with van der Waals surface area (Å²) in [6.07, 6.45) is -0.488. The molecule has 2 aliphatic heterocycles. The lowest BCUT2D eigenvalue weighted by molar-refractivity contribution is -0.0888. The number of allylic oxidation sites excluding steroid dienone is 1. The van der Waals surface area contributed by atoms with Gasteiger partial charge in [0.25, 0.3) is 0 Å². The van der Waals surface area contributed by atoms with Crippen LogP contribution in [0.3, 0.4) is 0 Å². The molecular formula is C27H28F3NO3. The van der Waals surface area contributed by atoms with Crippen LogP contribution in [-0.4, -0.2) is 40.4 Å². The maximum absolute atomic E-state index is 13.3. The molecule has 1 N–H and O–H groups in total. The highest BCUT2D eigenvalue weighted by Gasteiger charge is 2.48. The second-order valence-corrected chi connectivity index (χ2v) is 9.75. The number of piperidine rings is 2. The van der Waals surface area contributed by atoms with Crippen LogP contribution >= 0.6 is 0 Å². The maximum Gasteiger partial charge on any atom is 0.410 e. The van der Waals surface area contributed by atoms with Gasteiger partial charge in [-0.05, 0) is 60.8 Å². The van der Waals surface area contributed by atoms with Crippen molar-refractivity contribution in [3.05, 3.63) is 71.6 Å². The fourth-order valence-electron chi connectivity index (χ4n) is 6.13. The normalized spacial score (nSPS) is 25.5.